The van der Waals surface area contributed by atoms with Crippen molar-refractivity contribution in [1.82, 2.24) is 10.6 Å². The molecule has 15 heavy (non-hydrogen) atoms. The minimum atomic E-state index is -4.79. The lowest BCUT2D eigenvalue weighted by molar-refractivity contribution is -0.174. The van der Waals surface area contributed by atoms with Gasteiger partial charge in [-0.3, -0.25) is 4.79 Å². The topological polar surface area (TPSA) is 41.1 Å². The van der Waals surface area contributed by atoms with E-state index in [0.29, 0.717) is 6.54 Å². The molecule has 0 aliphatic carbocycles. The third kappa shape index (κ3) is 2.84. The van der Waals surface area contributed by atoms with Gasteiger partial charge in [-0.25, -0.2) is 0 Å². The minimum absolute atomic E-state index is 0.0551. The van der Waals surface area contributed by atoms with Gasteiger partial charge < -0.3 is 10.6 Å². The predicted molar refractivity (Wildman–Crippen MR) is 49.2 cm³/mol. The van der Waals surface area contributed by atoms with E-state index in [9.17, 15) is 18.0 Å². The van der Waals surface area contributed by atoms with E-state index >= 15 is 0 Å². The van der Waals surface area contributed by atoms with E-state index in [2.05, 4.69) is 5.32 Å². The van der Waals surface area contributed by atoms with Crippen LogP contribution >= 0.6 is 0 Å². The lowest BCUT2D eigenvalue weighted by atomic mass is 9.81. The fourth-order valence-electron chi connectivity index (χ4n) is 1.61. The van der Waals surface area contributed by atoms with E-state index in [0.717, 1.165) is 6.54 Å². The largest absolute Gasteiger partial charge is 0.471 e. The van der Waals surface area contributed by atoms with Gasteiger partial charge in [-0.05, 0) is 12.5 Å². The van der Waals surface area contributed by atoms with Gasteiger partial charge >= 0.3 is 12.1 Å². The molecule has 0 aromatic carbocycles. The molecule has 1 aliphatic rings. The Hall–Kier alpha value is -0.780. The van der Waals surface area contributed by atoms with Crippen LogP contribution in [0.3, 0.4) is 0 Å². The minimum Gasteiger partial charge on any atom is -0.348 e. The van der Waals surface area contributed by atoms with Crippen molar-refractivity contribution < 1.29 is 18.0 Å². The Labute approximate surface area is 86.4 Å². The summed E-state index contributed by atoms with van der Waals surface area (Å²) in [4.78, 5) is 10.6. The van der Waals surface area contributed by atoms with E-state index in [4.69, 9.17) is 0 Å². The summed E-state index contributed by atoms with van der Waals surface area (Å²) in [7, 11) is 0. The van der Waals surface area contributed by atoms with Crippen LogP contribution in [0.4, 0.5) is 13.2 Å². The van der Waals surface area contributed by atoms with Crippen LogP contribution in [0.1, 0.15) is 13.8 Å². The molecule has 1 rings (SSSR count). The molecule has 3 nitrogen and oxygen atoms in total. The molecule has 2 atom stereocenters. The maximum atomic E-state index is 11.9. The summed E-state index contributed by atoms with van der Waals surface area (Å²) in [5, 5.41) is 5.02. The molecule has 88 valence electrons. The first kappa shape index (κ1) is 12.3. The van der Waals surface area contributed by atoms with Gasteiger partial charge in [0.2, 0.25) is 0 Å². The highest BCUT2D eigenvalue weighted by molar-refractivity contribution is 5.81. The lowest BCUT2D eigenvalue weighted by Gasteiger charge is -2.28. The molecular weight excluding hydrogens is 209 g/mol. The normalized spacial score (nSPS) is 31.7. The van der Waals surface area contributed by atoms with Crippen LogP contribution in [-0.4, -0.2) is 31.7 Å². The molecule has 2 N–H and O–H groups in total. The van der Waals surface area contributed by atoms with Gasteiger partial charge in [-0.15, -0.1) is 0 Å². The number of hydrogen-bond acceptors (Lipinski definition) is 2. The predicted octanol–water partition coefficient (Wildman–Crippen LogP) is 0.910. The molecule has 1 amide bonds. The van der Waals surface area contributed by atoms with Crippen LogP contribution in [0.25, 0.3) is 0 Å². The molecule has 0 aromatic rings. The molecule has 6 heteroatoms. The Bertz CT molecular complexity index is 254. The van der Waals surface area contributed by atoms with Gasteiger partial charge in [0, 0.05) is 18.5 Å². The highest BCUT2D eigenvalue weighted by Crippen LogP contribution is 2.29. The van der Waals surface area contributed by atoms with Gasteiger partial charge in [-0.1, -0.05) is 13.8 Å². The molecule has 1 aliphatic heterocycles. The average molecular weight is 224 g/mol. The van der Waals surface area contributed by atoms with E-state index in [1.54, 1.807) is 0 Å². The van der Waals surface area contributed by atoms with Gasteiger partial charge in [0.15, 0.2) is 0 Å². The molecular formula is C9H15F3N2O. The smallest absolute Gasteiger partial charge is 0.348 e. The first-order chi connectivity index (χ1) is 6.76. The second-order valence-corrected chi connectivity index (χ2v) is 4.37. The first-order valence-corrected chi connectivity index (χ1v) is 4.81. The Morgan fingerprint density at radius 2 is 2.20 bits per heavy atom. The summed E-state index contributed by atoms with van der Waals surface area (Å²) in [5.41, 5.74) is -0.291. The van der Waals surface area contributed by atoms with Crippen molar-refractivity contribution in [3.8, 4) is 0 Å². The van der Waals surface area contributed by atoms with Gasteiger partial charge in [0.05, 0.1) is 0 Å². The maximum Gasteiger partial charge on any atom is 0.471 e. The van der Waals surface area contributed by atoms with Gasteiger partial charge in [-0.2, -0.15) is 13.2 Å². The third-order valence-electron chi connectivity index (χ3n) is 3.08. The van der Waals surface area contributed by atoms with Crippen LogP contribution in [0.2, 0.25) is 0 Å². The summed E-state index contributed by atoms with van der Waals surface area (Å²) in [6.07, 6.45) is -4.79. The molecule has 1 heterocycles. The van der Waals surface area contributed by atoms with Crippen molar-refractivity contribution in [3.05, 3.63) is 0 Å². The van der Waals surface area contributed by atoms with Crippen LogP contribution < -0.4 is 10.6 Å². The Morgan fingerprint density at radius 1 is 1.60 bits per heavy atom. The summed E-state index contributed by atoms with van der Waals surface area (Å²) in [6.45, 7) is 5.29. The zero-order valence-corrected chi connectivity index (χ0v) is 8.74. The molecule has 0 radical (unpaired) electrons. The van der Waals surface area contributed by atoms with Gasteiger partial charge in [0.1, 0.15) is 0 Å². The van der Waals surface area contributed by atoms with Crippen LogP contribution in [0.15, 0.2) is 0 Å². The number of hydrogen-bond donors (Lipinski definition) is 2. The van der Waals surface area contributed by atoms with E-state index in [1.807, 2.05) is 19.2 Å². The third-order valence-corrected chi connectivity index (χ3v) is 3.08. The van der Waals surface area contributed by atoms with Crippen molar-refractivity contribution in [2.24, 2.45) is 11.3 Å². The highest BCUT2D eigenvalue weighted by atomic mass is 19.4. The fraction of sp³-hybridized carbons (Fsp3) is 0.889. The quantitative estimate of drug-likeness (QED) is 0.732. The summed E-state index contributed by atoms with van der Waals surface area (Å²) in [6, 6.07) is 0. The summed E-state index contributed by atoms with van der Waals surface area (Å²) >= 11 is 0. The number of amides is 1. The number of halogens is 3. The van der Waals surface area contributed by atoms with Crippen molar-refractivity contribution in [1.29, 1.82) is 0 Å². The summed E-state index contributed by atoms with van der Waals surface area (Å²) in [5.74, 6) is -1.60. The van der Waals surface area contributed by atoms with Crippen LogP contribution in [0, 0.1) is 11.3 Å². The first-order valence-electron chi connectivity index (χ1n) is 4.81. The highest BCUT2D eigenvalue weighted by Gasteiger charge is 2.41. The van der Waals surface area contributed by atoms with Crippen LogP contribution in [-0.2, 0) is 4.79 Å². The number of alkyl halides is 3. The van der Waals surface area contributed by atoms with Crippen molar-refractivity contribution in [2.45, 2.75) is 20.0 Å². The Morgan fingerprint density at radius 3 is 2.60 bits per heavy atom. The van der Waals surface area contributed by atoms with Gasteiger partial charge in [0.25, 0.3) is 0 Å². The number of rotatable bonds is 2. The molecule has 0 aromatic heterocycles. The number of carbonyl (C=O) groups excluding carboxylic acids is 1. The van der Waals surface area contributed by atoms with Crippen molar-refractivity contribution in [2.75, 3.05) is 19.6 Å². The molecule has 0 spiro atoms. The molecule has 0 saturated carbocycles. The number of carbonyl (C=O) groups is 1. The van der Waals surface area contributed by atoms with Crippen molar-refractivity contribution >= 4 is 5.91 Å². The molecule has 1 saturated heterocycles. The van der Waals surface area contributed by atoms with Crippen LogP contribution in [0.5, 0.6) is 0 Å². The fourth-order valence-corrected chi connectivity index (χ4v) is 1.61. The lowest BCUT2D eigenvalue weighted by Crippen LogP contribution is -2.44. The monoisotopic (exact) mass is 224 g/mol. The molecule has 1 fully saturated rings. The SMILES string of the molecule is CC1CNCC1(C)CNC(=O)C(F)(F)F. The molecule has 0 bridgehead atoms. The number of nitrogens with one attached hydrogen (secondary N) is 2. The second-order valence-electron chi connectivity index (χ2n) is 4.37. The second kappa shape index (κ2) is 4.00. The van der Waals surface area contributed by atoms with E-state index in [-0.39, 0.29) is 17.9 Å². The zero-order chi connectivity index (χ0) is 11.7. The standard InChI is InChI=1S/C9H15F3N2O/c1-6-3-13-4-8(6,2)5-14-7(15)9(10,11)12/h6,13H,3-5H2,1-2H3,(H,14,15). The zero-order valence-electron chi connectivity index (χ0n) is 8.74. The molecule has 2 unspecified atom stereocenters. The van der Waals surface area contributed by atoms with E-state index in [1.165, 1.54) is 0 Å². The Kier molecular flexibility index (Phi) is 3.28. The summed E-state index contributed by atoms with van der Waals surface area (Å²) < 4.78 is 35.8. The van der Waals surface area contributed by atoms with Crippen molar-refractivity contribution in [3.63, 3.8) is 0 Å². The average Bonchev–Trinajstić information content (AvgIpc) is 2.42. The van der Waals surface area contributed by atoms with E-state index < -0.39 is 12.1 Å². The Balaban J connectivity index is 2.47. The maximum absolute atomic E-state index is 11.9.